The van der Waals surface area contributed by atoms with Crippen LogP contribution in [0.15, 0.2) is 23.8 Å². The molecular formula is C10H10O3. The fraction of sp³-hybridized carbons (Fsp3) is 0.300. The van der Waals surface area contributed by atoms with E-state index in [9.17, 15) is 14.4 Å². The lowest BCUT2D eigenvalue weighted by molar-refractivity contribution is -0.124. The molecule has 0 amide bonds. The van der Waals surface area contributed by atoms with Crippen LogP contribution < -0.4 is 0 Å². The van der Waals surface area contributed by atoms with Gasteiger partial charge in [-0.3, -0.25) is 14.4 Å². The smallest absolute Gasteiger partial charge is 0.170 e. The minimum atomic E-state index is -0.281. The minimum absolute atomic E-state index is 0.0885. The maximum atomic E-state index is 11.3. The quantitative estimate of drug-likeness (QED) is 0.605. The molecule has 1 aliphatic carbocycles. The number of allylic oxidation sites excluding steroid dienone is 4. The number of hydrogen-bond donors (Lipinski definition) is 0. The average molecular weight is 178 g/mol. The Hall–Kier alpha value is -1.51. The first-order valence-electron chi connectivity index (χ1n) is 4.03. The highest BCUT2D eigenvalue weighted by molar-refractivity contribution is 6.12. The van der Waals surface area contributed by atoms with Crippen LogP contribution in [-0.2, 0) is 14.4 Å². The number of carbonyl (C=O) groups excluding carboxylic acids is 3. The number of hydrogen-bond acceptors (Lipinski definition) is 3. The SMILES string of the molecule is CC(=O)CC(=O)C1=CC(=O)CC=C1. The van der Waals surface area contributed by atoms with Gasteiger partial charge in [0, 0.05) is 12.0 Å². The Morgan fingerprint density at radius 1 is 1.46 bits per heavy atom. The summed E-state index contributed by atoms with van der Waals surface area (Å²) in [6.07, 6.45) is 4.74. The van der Waals surface area contributed by atoms with Crippen molar-refractivity contribution < 1.29 is 14.4 Å². The number of Topliss-reactive ketones (excluding diaryl/α,β-unsaturated/α-hetero) is 2. The van der Waals surface area contributed by atoms with E-state index in [1.54, 1.807) is 12.2 Å². The van der Waals surface area contributed by atoms with Crippen molar-refractivity contribution in [3.63, 3.8) is 0 Å². The van der Waals surface area contributed by atoms with Gasteiger partial charge >= 0.3 is 0 Å². The minimum Gasteiger partial charge on any atom is -0.300 e. The molecule has 0 atom stereocenters. The molecule has 0 fully saturated rings. The van der Waals surface area contributed by atoms with E-state index in [0.717, 1.165) is 0 Å². The molecule has 68 valence electrons. The lowest BCUT2D eigenvalue weighted by Gasteiger charge is -2.03. The summed E-state index contributed by atoms with van der Waals surface area (Å²) in [5.74, 6) is -0.552. The predicted molar refractivity (Wildman–Crippen MR) is 47.2 cm³/mol. The van der Waals surface area contributed by atoms with Crippen molar-refractivity contribution in [1.29, 1.82) is 0 Å². The summed E-state index contributed by atoms with van der Waals surface area (Å²) in [5, 5.41) is 0. The first-order valence-corrected chi connectivity index (χ1v) is 4.03. The third-order valence-corrected chi connectivity index (χ3v) is 1.66. The van der Waals surface area contributed by atoms with Gasteiger partial charge in [0.15, 0.2) is 11.6 Å². The van der Waals surface area contributed by atoms with E-state index < -0.39 is 0 Å². The van der Waals surface area contributed by atoms with Crippen molar-refractivity contribution in [2.45, 2.75) is 19.8 Å². The average Bonchev–Trinajstić information content (AvgIpc) is 2.03. The second kappa shape index (κ2) is 3.94. The molecule has 0 N–H and O–H groups in total. The van der Waals surface area contributed by atoms with Gasteiger partial charge in [0.05, 0.1) is 6.42 Å². The van der Waals surface area contributed by atoms with Gasteiger partial charge in [-0.25, -0.2) is 0 Å². The topological polar surface area (TPSA) is 51.2 Å². The van der Waals surface area contributed by atoms with E-state index >= 15 is 0 Å². The summed E-state index contributed by atoms with van der Waals surface area (Å²) < 4.78 is 0. The van der Waals surface area contributed by atoms with Crippen LogP contribution in [0.3, 0.4) is 0 Å². The van der Waals surface area contributed by atoms with E-state index in [1.165, 1.54) is 13.0 Å². The van der Waals surface area contributed by atoms with Crippen LogP contribution in [0, 0.1) is 0 Å². The zero-order valence-electron chi connectivity index (χ0n) is 7.37. The van der Waals surface area contributed by atoms with Crippen LogP contribution >= 0.6 is 0 Å². The lowest BCUT2D eigenvalue weighted by Crippen LogP contribution is -2.10. The normalized spacial score (nSPS) is 15.5. The van der Waals surface area contributed by atoms with Crippen LogP contribution in [0.5, 0.6) is 0 Å². The van der Waals surface area contributed by atoms with Crippen LogP contribution in [0.25, 0.3) is 0 Å². The summed E-state index contributed by atoms with van der Waals surface area (Å²) in [6, 6.07) is 0. The lowest BCUT2D eigenvalue weighted by atomic mass is 10.00. The van der Waals surface area contributed by atoms with E-state index in [4.69, 9.17) is 0 Å². The molecule has 0 bridgehead atoms. The van der Waals surface area contributed by atoms with Crippen molar-refractivity contribution >= 4 is 17.3 Å². The van der Waals surface area contributed by atoms with E-state index in [0.29, 0.717) is 12.0 Å². The van der Waals surface area contributed by atoms with Crippen molar-refractivity contribution in [3.8, 4) is 0 Å². The Balaban J connectivity index is 2.72. The zero-order chi connectivity index (χ0) is 9.84. The molecule has 0 aromatic carbocycles. The van der Waals surface area contributed by atoms with Gasteiger partial charge < -0.3 is 0 Å². The highest BCUT2D eigenvalue weighted by Gasteiger charge is 2.13. The molecule has 1 aliphatic rings. The molecule has 0 saturated carbocycles. The number of rotatable bonds is 3. The Kier molecular flexibility index (Phi) is 2.90. The molecule has 0 heterocycles. The maximum Gasteiger partial charge on any atom is 0.170 e. The second-order valence-corrected chi connectivity index (χ2v) is 2.97. The monoisotopic (exact) mass is 178 g/mol. The molecular weight excluding hydrogens is 168 g/mol. The van der Waals surface area contributed by atoms with Gasteiger partial charge in [0.2, 0.25) is 0 Å². The summed E-state index contributed by atoms with van der Waals surface area (Å²) in [6.45, 7) is 1.35. The Labute approximate surface area is 76.1 Å². The van der Waals surface area contributed by atoms with E-state index in [1.807, 2.05) is 0 Å². The van der Waals surface area contributed by atoms with Crippen LogP contribution in [0.2, 0.25) is 0 Å². The van der Waals surface area contributed by atoms with Crippen LogP contribution in [-0.4, -0.2) is 17.3 Å². The summed E-state index contributed by atoms with van der Waals surface area (Å²) in [7, 11) is 0. The number of carbonyl (C=O) groups is 3. The van der Waals surface area contributed by atoms with Gasteiger partial charge in [-0.05, 0) is 13.0 Å². The first kappa shape index (κ1) is 9.58. The Morgan fingerprint density at radius 3 is 2.69 bits per heavy atom. The maximum absolute atomic E-state index is 11.3. The number of ketones is 3. The third-order valence-electron chi connectivity index (χ3n) is 1.66. The summed E-state index contributed by atoms with van der Waals surface area (Å²) in [4.78, 5) is 32.8. The molecule has 0 radical (unpaired) electrons. The van der Waals surface area contributed by atoms with Gasteiger partial charge in [-0.2, -0.15) is 0 Å². The first-order chi connectivity index (χ1) is 6.09. The fourth-order valence-corrected chi connectivity index (χ4v) is 1.08. The van der Waals surface area contributed by atoms with E-state index in [2.05, 4.69) is 0 Å². The summed E-state index contributed by atoms with van der Waals surface area (Å²) in [5.41, 5.74) is 0.339. The van der Waals surface area contributed by atoms with Crippen molar-refractivity contribution in [3.05, 3.63) is 23.8 Å². The molecule has 3 heteroatoms. The van der Waals surface area contributed by atoms with Crippen molar-refractivity contribution in [2.75, 3.05) is 0 Å². The standard InChI is InChI=1S/C10H10O3/c1-7(11)5-10(13)8-3-2-4-9(12)6-8/h2-3,6H,4-5H2,1H3. The van der Waals surface area contributed by atoms with Crippen LogP contribution in [0.4, 0.5) is 0 Å². The molecule has 3 nitrogen and oxygen atoms in total. The zero-order valence-corrected chi connectivity index (χ0v) is 7.37. The second-order valence-electron chi connectivity index (χ2n) is 2.97. The van der Waals surface area contributed by atoms with Crippen LogP contribution in [0.1, 0.15) is 19.8 Å². The van der Waals surface area contributed by atoms with Gasteiger partial charge in [-0.15, -0.1) is 0 Å². The molecule has 0 spiro atoms. The van der Waals surface area contributed by atoms with Crippen molar-refractivity contribution in [2.24, 2.45) is 0 Å². The molecule has 1 rings (SSSR count). The highest BCUT2D eigenvalue weighted by atomic mass is 16.1. The third kappa shape index (κ3) is 2.78. The molecule has 0 aromatic heterocycles. The molecule has 0 aliphatic heterocycles. The Morgan fingerprint density at radius 2 is 2.15 bits per heavy atom. The van der Waals surface area contributed by atoms with Gasteiger partial charge in [-0.1, -0.05) is 12.2 Å². The van der Waals surface area contributed by atoms with Crippen molar-refractivity contribution in [1.82, 2.24) is 0 Å². The molecule has 0 aromatic rings. The van der Waals surface area contributed by atoms with E-state index in [-0.39, 0.29) is 23.8 Å². The Bertz CT molecular complexity index is 321. The fourth-order valence-electron chi connectivity index (χ4n) is 1.08. The predicted octanol–water partition coefficient (Wildman–Crippen LogP) is 0.990. The summed E-state index contributed by atoms with van der Waals surface area (Å²) >= 11 is 0. The van der Waals surface area contributed by atoms with Gasteiger partial charge in [0.25, 0.3) is 0 Å². The highest BCUT2D eigenvalue weighted by Crippen LogP contribution is 2.09. The molecule has 13 heavy (non-hydrogen) atoms. The largest absolute Gasteiger partial charge is 0.300 e. The molecule has 0 unspecified atom stereocenters. The van der Waals surface area contributed by atoms with Gasteiger partial charge in [0.1, 0.15) is 5.78 Å². The molecule has 0 saturated heterocycles.